The lowest BCUT2D eigenvalue weighted by molar-refractivity contribution is 0.457. The second-order valence-corrected chi connectivity index (χ2v) is 4.72. The van der Waals surface area contributed by atoms with Crippen LogP contribution in [0, 0.1) is 0 Å². The lowest BCUT2D eigenvalue weighted by atomic mass is 10.2. The first-order chi connectivity index (χ1) is 8.71. The van der Waals surface area contributed by atoms with Crippen molar-refractivity contribution in [2.45, 2.75) is 19.9 Å². The minimum Gasteiger partial charge on any atom is -0.437 e. The fourth-order valence-electron chi connectivity index (χ4n) is 1.54. The van der Waals surface area contributed by atoms with Gasteiger partial charge < -0.3 is 10.5 Å². The van der Waals surface area contributed by atoms with Crippen molar-refractivity contribution in [1.29, 1.82) is 0 Å². The molecule has 0 fully saturated rings. The number of hydrogen-bond acceptors (Lipinski definition) is 4. The largest absolute Gasteiger partial charge is 0.437 e. The highest BCUT2D eigenvalue weighted by Crippen LogP contribution is 2.23. The molecule has 0 saturated carbocycles. The van der Waals surface area contributed by atoms with Gasteiger partial charge in [0.1, 0.15) is 5.75 Å². The molecular weight excluding hydrogens is 294 g/mol. The van der Waals surface area contributed by atoms with Crippen LogP contribution in [0.5, 0.6) is 11.6 Å². The number of halogens is 1. The minimum absolute atomic E-state index is 0.475. The van der Waals surface area contributed by atoms with Gasteiger partial charge in [0.25, 0.3) is 0 Å². The van der Waals surface area contributed by atoms with E-state index < -0.39 is 0 Å². The lowest BCUT2D eigenvalue weighted by Crippen LogP contribution is -2.01. The standard InChI is InChI=1S/C13H14BrN3O/c1-2-11-3-9(6-15)4-13(17-11)18-12-5-10(14)7-16-8-12/h3-5,7-8H,2,6,15H2,1H3. The Morgan fingerprint density at radius 2 is 2.11 bits per heavy atom. The SMILES string of the molecule is CCc1cc(CN)cc(Oc2cncc(Br)c2)n1. The Labute approximate surface area is 114 Å². The van der Waals surface area contributed by atoms with E-state index in [1.54, 1.807) is 12.4 Å². The molecule has 0 aliphatic heterocycles. The Kier molecular flexibility index (Phi) is 4.28. The Balaban J connectivity index is 2.28. The van der Waals surface area contributed by atoms with Gasteiger partial charge >= 0.3 is 0 Å². The number of hydrogen-bond donors (Lipinski definition) is 1. The van der Waals surface area contributed by atoms with E-state index in [-0.39, 0.29) is 0 Å². The predicted octanol–water partition coefficient (Wildman–Crippen LogP) is 3.05. The average Bonchev–Trinajstić information content (AvgIpc) is 2.38. The number of nitrogens with zero attached hydrogens (tertiary/aromatic N) is 2. The molecule has 2 heterocycles. The van der Waals surface area contributed by atoms with E-state index >= 15 is 0 Å². The van der Waals surface area contributed by atoms with Crippen LogP contribution < -0.4 is 10.5 Å². The van der Waals surface area contributed by atoms with Crippen LogP contribution in [0.3, 0.4) is 0 Å². The summed E-state index contributed by atoms with van der Waals surface area (Å²) in [6.45, 7) is 2.52. The van der Waals surface area contributed by atoms with E-state index in [1.807, 2.05) is 25.1 Å². The fraction of sp³-hybridized carbons (Fsp3) is 0.231. The van der Waals surface area contributed by atoms with Crippen LogP contribution in [-0.2, 0) is 13.0 Å². The molecule has 2 N–H and O–H groups in total. The van der Waals surface area contributed by atoms with Gasteiger partial charge in [-0.2, -0.15) is 0 Å². The maximum absolute atomic E-state index is 5.68. The molecule has 0 saturated heterocycles. The van der Waals surface area contributed by atoms with Gasteiger partial charge in [0.15, 0.2) is 0 Å². The molecule has 4 nitrogen and oxygen atoms in total. The minimum atomic E-state index is 0.475. The predicted molar refractivity (Wildman–Crippen MR) is 73.5 cm³/mol. The monoisotopic (exact) mass is 307 g/mol. The summed E-state index contributed by atoms with van der Waals surface area (Å²) in [5.41, 5.74) is 7.64. The van der Waals surface area contributed by atoms with Gasteiger partial charge in [-0.05, 0) is 40.0 Å². The zero-order valence-corrected chi connectivity index (χ0v) is 11.6. The Morgan fingerprint density at radius 1 is 1.28 bits per heavy atom. The first-order valence-electron chi connectivity index (χ1n) is 5.69. The van der Waals surface area contributed by atoms with Gasteiger partial charge in [-0.25, -0.2) is 4.98 Å². The summed E-state index contributed by atoms with van der Waals surface area (Å²) in [4.78, 5) is 8.45. The second kappa shape index (κ2) is 5.93. The molecule has 2 aromatic heterocycles. The summed E-state index contributed by atoms with van der Waals surface area (Å²) >= 11 is 3.35. The van der Waals surface area contributed by atoms with E-state index in [2.05, 4.69) is 25.9 Å². The van der Waals surface area contributed by atoms with Crippen LogP contribution >= 0.6 is 15.9 Å². The van der Waals surface area contributed by atoms with E-state index in [4.69, 9.17) is 10.5 Å². The highest BCUT2D eigenvalue weighted by Gasteiger charge is 2.04. The maximum Gasteiger partial charge on any atom is 0.219 e. The number of aryl methyl sites for hydroxylation is 1. The summed E-state index contributed by atoms with van der Waals surface area (Å²) < 4.78 is 6.55. The van der Waals surface area contributed by atoms with Gasteiger partial charge in [0.2, 0.25) is 5.88 Å². The van der Waals surface area contributed by atoms with E-state index in [1.165, 1.54) is 0 Å². The van der Waals surface area contributed by atoms with Crippen LogP contribution in [0.1, 0.15) is 18.2 Å². The molecule has 0 amide bonds. The van der Waals surface area contributed by atoms with Gasteiger partial charge in [-0.15, -0.1) is 0 Å². The van der Waals surface area contributed by atoms with Crippen molar-refractivity contribution in [3.05, 3.63) is 46.3 Å². The second-order valence-electron chi connectivity index (χ2n) is 3.80. The topological polar surface area (TPSA) is 61.0 Å². The zero-order valence-electron chi connectivity index (χ0n) is 10.1. The molecule has 0 bridgehead atoms. The van der Waals surface area contributed by atoms with Gasteiger partial charge in [0.05, 0.1) is 6.20 Å². The number of ether oxygens (including phenoxy) is 1. The van der Waals surface area contributed by atoms with E-state index in [0.717, 1.165) is 22.2 Å². The number of pyridine rings is 2. The summed E-state index contributed by atoms with van der Waals surface area (Å²) in [5, 5.41) is 0. The molecule has 94 valence electrons. The molecule has 2 rings (SSSR count). The quantitative estimate of drug-likeness (QED) is 0.943. The van der Waals surface area contributed by atoms with Crippen molar-refractivity contribution >= 4 is 15.9 Å². The summed E-state index contributed by atoms with van der Waals surface area (Å²) in [5.74, 6) is 1.20. The first-order valence-corrected chi connectivity index (χ1v) is 6.49. The summed E-state index contributed by atoms with van der Waals surface area (Å²) in [6.07, 6.45) is 4.20. The van der Waals surface area contributed by atoms with Crippen LogP contribution in [-0.4, -0.2) is 9.97 Å². The molecule has 0 atom stereocenters. The lowest BCUT2D eigenvalue weighted by Gasteiger charge is -2.08. The third-order valence-corrected chi connectivity index (χ3v) is 2.85. The molecule has 0 spiro atoms. The Hall–Kier alpha value is -1.46. The maximum atomic E-state index is 5.68. The van der Waals surface area contributed by atoms with Crippen molar-refractivity contribution < 1.29 is 4.74 Å². The molecule has 0 aliphatic rings. The van der Waals surface area contributed by atoms with Crippen molar-refractivity contribution in [2.75, 3.05) is 0 Å². The van der Waals surface area contributed by atoms with Crippen LogP contribution in [0.15, 0.2) is 35.1 Å². The highest BCUT2D eigenvalue weighted by molar-refractivity contribution is 9.10. The zero-order chi connectivity index (χ0) is 13.0. The third kappa shape index (κ3) is 3.27. The normalized spacial score (nSPS) is 10.4. The number of aromatic nitrogens is 2. The summed E-state index contributed by atoms with van der Waals surface area (Å²) in [6, 6.07) is 5.68. The van der Waals surface area contributed by atoms with E-state index in [0.29, 0.717) is 18.2 Å². The van der Waals surface area contributed by atoms with Gasteiger partial charge in [0, 0.05) is 29.0 Å². The van der Waals surface area contributed by atoms with Gasteiger partial charge in [-0.1, -0.05) is 6.92 Å². The highest BCUT2D eigenvalue weighted by atomic mass is 79.9. The molecule has 5 heteroatoms. The number of rotatable bonds is 4. The first kappa shape index (κ1) is 13.0. The summed E-state index contributed by atoms with van der Waals surface area (Å²) in [7, 11) is 0. The van der Waals surface area contributed by atoms with Gasteiger partial charge in [-0.3, -0.25) is 4.98 Å². The van der Waals surface area contributed by atoms with Crippen molar-refractivity contribution in [2.24, 2.45) is 5.73 Å². The molecule has 18 heavy (non-hydrogen) atoms. The van der Waals surface area contributed by atoms with Crippen LogP contribution in [0.25, 0.3) is 0 Å². The molecule has 2 aromatic rings. The molecule has 0 unspecified atom stereocenters. The van der Waals surface area contributed by atoms with Crippen molar-refractivity contribution in [3.8, 4) is 11.6 Å². The molecule has 0 aliphatic carbocycles. The van der Waals surface area contributed by atoms with E-state index in [9.17, 15) is 0 Å². The van der Waals surface area contributed by atoms with Crippen LogP contribution in [0.4, 0.5) is 0 Å². The Morgan fingerprint density at radius 3 is 2.78 bits per heavy atom. The van der Waals surface area contributed by atoms with Crippen molar-refractivity contribution in [1.82, 2.24) is 9.97 Å². The van der Waals surface area contributed by atoms with Crippen LogP contribution in [0.2, 0.25) is 0 Å². The average molecular weight is 308 g/mol. The molecule has 0 radical (unpaired) electrons. The number of nitrogens with two attached hydrogens (primary N) is 1. The van der Waals surface area contributed by atoms with Crippen molar-refractivity contribution in [3.63, 3.8) is 0 Å². The smallest absolute Gasteiger partial charge is 0.219 e. The third-order valence-electron chi connectivity index (χ3n) is 2.41. The molecule has 0 aromatic carbocycles. The molecular formula is C13H14BrN3O. The fourth-order valence-corrected chi connectivity index (χ4v) is 1.88. The Bertz CT molecular complexity index is 523.